The van der Waals surface area contributed by atoms with Gasteiger partial charge >= 0.3 is 0 Å². The molecule has 2 nitrogen and oxygen atoms in total. The van der Waals surface area contributed by atoms with E-state index in [0.717, 1.165) is 38.1 Å². The summed E-state index contributed by atoms with van der Waals surface area (Å²) < 4.78 is 5.28. The van der Waals surface area contributed by atoms with E-state index < -0.39 is 0 Å². The van der Waals surface area contributed by atoms with Gasteiger partial charge in [0.05, 0.1) is 13.2 Å². The van der Waals surface area contributed by atoms with Crippen LogP contribution < -0.4 is 5.32 Å². The number of nitrogens with one attached hydrogen (secondary N) is 1. The molecule has 1 aliphatic carbocycles. The van der Waals surface area contributed by atoms with Gasteiger partial charge in [-0.25, -0.2) is 0 Å². The van der Waals surface area contributed by atoms with Gasteiger partial charge in [-0.1, -0.05) is 11.6 Å². The van der Waals surface area contributed by atoms with Gasteiger partial charge in [0, 0.05) is 6.04 Å². The number of rotatable bonds is 5. The Morgan fingerprint density at radius 1 is 1.57 bits per heavy atom. The summed E-state index contributed by atoms with van der Waals surface area (Å²) in [5.41, 5.74) is 1.58. The van der Waals surface area contributed by atoms with Crippen LogP contribution in [-0.4, -0.2) is 25.8 Å². The van der Waals surface area contributed by atoms with Crippen LogP contribution in [0.15, 0.2) is 11.6 Å². The number of ether oxygens (including phenoxy) is 1. The van der Waals surface area contributed by atoms with Crippen LogP contribution in [0.25, 0.3) is 0 Å². The zero-order valence-corrected chi connectivity index (χ0v) is 9.09. The fourth-order valence-electron chi connectivity index (χ4n) is 2.02. The summed E-state index contributed by atoms with van der Waals surface area (Å²) in [6, 6.07) is 0.732. The van der Waals surface area contributed by atoms with Gasteiger partial charge in [-0.3, -0.25) is 0 Å². The van der Waals surface area contributed by atoms with Crippen molar-refractivity contribution in [3.05, 3.63) is 11.6 Å². The molecule has 1 fully saturated rings. The molecule has 1 saturated carbocycles. The lowest BCUT2D eigenvalue weighted by Crippen LogP contribution is -2.29. The first kappa shape index (κ1) is 10.2. The van der Waals surface area contributed by atoms with E-state index in [1.807, 2.05) is 0 Å². The Bertz CT molecular complexity index is 208. The van der Waals surface area contributed by atoms with Gasteiger partial charge in [-0.2, -0.15) is 0 Å². The van der Waals surface area contributed by atoms with Crippen molar-refractivity contribution in [2.45, 2.75) is 38.6 Å². The number of hydrogen-bond donors (Lipinski definition) is 1. The molecule has 80 valence electrons. The molecule has 2 rings (SSSR count). The van der Waals surface area contributed by atoms with E-state index in [1.165, 1.54) is 19.3 Å². The van der Waals surface area contributed by atoms with Gasteiger partial charge in [0.1, 0.15) is 0 Å². The van der Waals surface area contributed by atoms with Crippen LogP contribution in [0.2, 0.25) is 0 Å². The van der Waals surface area contributed by atoms with Crippen molar-refractivity contribution in [3.8, 4) is 0 Å². The third kappa shape index (κ3) is 3.10. The number of hydrogen-bond acceptors (Lipinski definition) is 2. The maximum atomic E-state index is 5.28. The van der Waals surface area contributed by atoms with Gasteiger partial charge in [-0.05, 0) is 45.1 Å². The maximum absolute atomic E-state index is 5.28. The van der Waals surface area contributed by atoms with Gasteiger partial charge in [-0.15, -0.1) is 0 Å². The minimum Gasteiger partial charge on any atom is -0.377 e. The molecule has 0 aromatic heterocycles. The second-order valence-corrected chi connectivity index (χ2v) is 4.52. The summed E-state index contributed by atoms with van der Waals surface area (Å²) in [5, 5.41) is 3.61. The van der Waals surface area contributed by atoms with Crippen LogP contribution in [0, 0.1) is 5.92 Å². The van der Waals surface area contributed by atoms with E-state index in [9.17, 15) is 0 Å². The SMILES string of the molecule is CC(NCCC1=CCOCC1)C1CC1. The van der Waals surface area contributed by atoms with E-state index >= 15 is 0 Å². The maximum Gasteiger partial charge on any atom is 0.0650 e. The predicted octanol–water partition coefficient (Wildman–Crippen LogP) is 2.11. The molecule has 2 aliphatic rings. The molecule has 1 unspecified atom stereocenters. The first-order valence-corrected chi connectivity index (χ1v) is 5.85. The van der Waals surface area contributed by atoms with Crippen molar-refractivity contribution in [2.24, 2.45) is 5.92 Å². The average molecular weight is 195 g/mol. The highest BCUT2D eigenvalue weighted by Gasteiger charge is 2.27. The van der Waals surface area contributed by atoms with Crippen molar-refractivity contribution in [2.75, 3.05) is 19.8 Å². The van der Waals surface area contributed by atoms with Crippen molar-refractivity contribution >= 4 is 0 Å². The molecule has 1 heterocycles. The second-order valence-electron chi connectivity index (χ2n) is 4.52. The highest BCUT2D eigenvalue weighted by atomic mass is 16.5. The molecular weight excluding hydrogens is 174 g/mol. The van der Waals surface area contributed by atoms with Gasteiger partial charge < -0.3 is 10.1 Å². The predicted molar refractivity (Wildman–Crippen MR) is 58.3 cm³/mol. The largest absolute Gasteiger partial charge is 0.377 e. The first-order chi connectivity index (χ1) is 6.86. The van der Waals surface area contributed by atoms with Crippen molar-refractivity contribution in [3.63, 3.8) is 0 Å². The summed E-state index contributed by atoms with van der Waals surface area (Å²) in [6.07, 6.45) is 7.46. The van der Waals surface area contributed by atoms with Crippen LogP contribution in [0.3, 0.4) is 0 Å². The van der Waals surface area contributed by atoms with E-state index in [1.54, 1.807) is 5.57 Å². The van der Waals surface area contributed by atoms with Crippen LogP contribution in [0.4, 0.5) is 0 Å². The lowest BCUT2D eigenvalue weighted by molar-refractivity contribution is 0.153. The molecular formula is C12H21NO. The van der Waals surface area contributed by atoms with Gasteiger partial charge in [0.15, 0.2) is 0 Å². The lowest BCUT2D eigenvalue weighted by Gasteiger charge is -2.16. The zero-order chi connectivity index (χ0) is 9.80. The highest BCUT2D eigenvalue weighted by Crippen LogP contribution is 2.32. The smallest absolute Gasteiger partial charge is 0.0650 e. The first-order valence-electron chi connectivity index (χ1n) is 5.85. The molecule has 0 saturated heterocycles. The lowest BCUT2D eigenvalue weighted by atomic mass is 10.1. The van der Waals surface area contributed by atoms with Crippen molar-refractivity contribution < 1.29 is 4.74 Å². The van der Waals surface area contributed by atoms with Crippen molar-refractivity contribution in [1.82, 2.24) is 5.32 Å². The fourth-order valence-corrected chi connectivity index (χ4v) is 2.02. The van der Waals surface area contributed by atoms with Gasteiger partial charge in [0.25, 0.3) is 0 Å². The summed E-state index contributed by atoms with van der Waals surface area (Å²) in [5.74, 6) is 0.971. The quantitative estimate of drug-likeness (QED) is 0.678. The molecule has 1 atom stereocenters. The van der Waals surface area contributed by atoms with Crippen LogP contribution in [0.1, 0.15) is 32.6 Å². The molecule has 0 aromatic rings. The standard InChI is InChI=1S/C12H21NO/c1-10(12-2-3-12)13-7-4-11-5-8-14-9-6-11/h5,10,12-13H,2-4,6-9H2,1H3. The Morgan fingerprint density at radius 2 is 2.43 bits per heavy atom. The molecule has 0 bridgehead atoms. The topological polar surface area (TPSA) is 21.3 Å². The Balaban J connectivity index is 1.59. The molecule has 14 heavy (non-hydrogen) atoms. The highest BCUT2D eigenvalue weighted by molar-refractivity contribution is 5.05. The van der Waals surface area contributed by atoms with Crippen LogP contribution >= 0.6 is 0 Å². The Morgan fingerprint density at radius 3 is 3.07 bits per heavy atom. The summed E-state index contributed by atoms with van der Waals surface area (Å²) in [6.45, 7) is 5.21. The molecule has 0 spiro atoms. The molecule has 0 radical (unpaired) electrons. The molecule has 1 N–H and O–H groups in total. The molecule has 0 aromatic carbocycles. The normalized spacial score (nSPS) is 24.5. The minimum atomic E-state index is 0.732. The Kier molecular flexibility index (Phi) is 3.60. The third-order valence-corrected chi connectivity index (χ3v) is 3.30. The molecule has 1 aliphatic heterocycles. The summed E-state index contributed by atoms with van der Waals surface area (Å²) >= 11 is 0. The van der Waals surface area contributed by atoms with E-state index in [0.29, 0.717) is 0 Å². The molecule has 2 heteroatoms. The van der Waals surface area contributed by atoms with Crippen molar-refractivity contribution in [1.29, 1.82) is 0 Å². The average Bonchev–Trinajstić information content (AvgIpc) is 3.02. The summed E-state index contributed by atoms with van der Waals surface area (Å²) in [7, 11) is 0. The van der Waals surface area contributed by atoms with Crippen LogP contribution in [-0.2, 0) is 4.74 Å². The monoisotopic (exact) mass is 195 g/mol. The minimum absolute atomic E-state index is 0.732. The zero-order valence-electron chi connectivity index (χ0n) is 9.09. The second kappa shape index (κ2) is 4.94. The third-order valence-electron chi connectivity index (χ3n) is 3.30. The Labute approximate surface area is 86.7 Å². The van der Waals surface area contributed by atoms with E-state index in [-0.39, 0.29) is 0 Å². The van der Waals surface area contributed by atoms with E-state index in [2.05, 4.69) is 18.3 Å². The molecule has 0 amide bonds. The fraction of sp³-hybridized carbons (Fsp3) is 0.833. The van der Waals surface area contributed by atoms with E-state index in [4.69, 9.17) is 4.74 Å². The Hall–Kier alpha value is -0.340. The summed E-state index contributed by atoms with van der Waals surface area (Å²) in [4.78, 5) is 0. The van der Waals surface area contributed by atoms with Crippen LogP contribution in [0.5, 0.6) is 0 Å². The van der Waals surface area contributed by atoms with Gasteiger partial charge in [0.2, 0.25) is 0 Å².